The van der Waals surface area contributed by atoms with Gasteiger partial charge in [-0.15, -0.1) is 0 Å². The summed E-state index contributed by atoms with van der Waals surface area (Å²) in [6, 6.07) is 1.71. The van der Waals surface area contributed by atoms with Crippen molar-refractivity contribution in [1.29, 1.82) is 0 Å². The van der Waals surface area contributed by atoms with Crippen LogP contribution in [0.1, 0.15) is 22.5 Å². The van der Waals surface area contributed by atoms with Crippen molar-refractivity contribution in [2.24, 2.45) is 0 Å². The third-order valence-electron chi connectivity index (χ3n) is 3.30. The zero-order valence-electron chi connectivity index (χ0n) is 10.8. The molecule has 1 aliphatic rings. The fourth-order valence-electron chi connectivity index (χ4n) is 2.17. The van der Waals surface area contributed by atoms with E-state index in [9.17, 15) is 4.79 Å². The molecule has 5 heteroatoms. The number of hydrogen-bond acceptors (Lipinski definition) is 3. The number of quaternary nitrogens is 1. The molecule has 2 N–H and O–H groups in total. The van der Waals surface area contributed by atoms with Crippen LogP contribution in [0, 0.1) is 6.92 Å². The Labute approximate surface area is 107 Å². The minimum absolute atomic E-state index is 0.0433. The summed E-state index contributed by atoms with van der Waals surface area (Å²) in [5.74, 6) is 0.629. The summed E-state index contributed by atoms with van der Waals surface area (Å²) < 4.78 is 10.4. The number of rotatable bonds is 5. The Morgan fingerprint density at radius 3 is 2.89 bits per heavy atom. The SMILES string of the molecule is Cc1occc1C(=O)NCCC[NH+]1CCOCC1. The van der Waals surface area contributed by atoms with Crippen molar-refractivity contribution in [3.05, 3.63) is 23.7 Å². The lowest BCUT2D eigenvalue weighted by atomic mass is 10.2. The third kappa shape index (κ3) is 3.58. The number of carbonyl (C=O) groups excluding carboxylic acids is 1. The fourth-order valence-corrected chi connectivity index (χ4v) is 2.17. The maximum Gasteiger partial charge on any atom is 0.254 e. The fraction of sp³-hybridized carbons (Fsp3) is 0.615. The van der Waals surface area contributed by atoms with Crippen molar-refractivity contribution >= 4 is 5.91 Å². The lowest BCUT2D eigenvalue weighted by Gasteiger charge is -2.23. The number of nitrogens with one attached hydrogen (secondary N) is 2. The largest absolute Gasteiger partial charge is 0.469 e. The van der Waals surface area contributed by atoms with Crippen LogP contribution in [0.25, 0.3) is 0 Å². The van der Waals surface area contributed by atoms with Gasteiger partial charge >= 0.3 is 0 Å². The van der Waals surface area contributed by atoms with Crippen LogP contribution in [0.15, 0.2) is 16.7 Å². The van der Waals surface area contributed by atoms with E-state index < -0.39 is 0 Å². The number of aryl methyl sites for hydroxylation is 1. The van der Waals surface area contributed by atoms with Crippen LogP contribution in [0.5, 0.6) is 0 Å². The molecular weight excluding hydrogens is 232 g/mol. The number of hydrogen-bond donors (Lipinski definition) is 2. The van der Waals surface area contributed by atoms with E-state index in [1.165, 1.54) is 0 Å². The van der Waals surface area contributed by atoms with E-state index in [2.05, 4.69) is 5.32 Å². The lowest BCUT2D eigenvalue weighted by Crippen LogP contribution is -3.14. The summed E-state index contributed by atoms with van der Waals surface area (Å²) in [5.41, 5.74) is 0.633. The molecule has 0 spiro atoms. The molecule has 1 aromatic heterocycles. The second kappa shape index (κ2) is 6.56. The molecule has 18 heavy (non-hydrogen) atoms. The van der Waals surface area contributed by atoms with Crippen LogP contribution >= 0.6 is 0 Å². The van der Waals surface area contributed by atoms with Gasteiger partial charge in [0, 0.05) is 13.0 Å². The molecule has 0 saturated carbocycles. The monoisotopic (exact) mass is 253 g/mol. The second-order valence-corrected chi connectivity index (χ2v) is 4.61. The molecule has 1 aliphatic heterocycles. The summed E-state index contributed by atoms with van der Waals surface area (Å²) in [5, 5.41) is 2.92. The number of morpholine rings is 1. The van der Waals surface area contributed by atoms with E-state index in [0.29, 0.717) is 17.9 Å². The Morgan fingerprint density at radius 2 is 2.22 bits per heavy atom. The molecule has 0 radical (unpaired) electrons. The Hall–Kier alpha value is -1.33. The van der Waals surface area contributed by atoms with E-state index in [1.54, 1.807) is 24.2 Å². The molecule has 0 aromatic carbocycles. The molecule has 2 heterocycles. The first-order valence-electron chi connectivity index (χ1n) is 6.51. The van der Waals surface area contributed by atoms with Crippen LogP contribution in [0.2, 0.25) is 0 Å². The van der Waals surface area contributed by atoms with Gasteiger partial charge in [0.15, 0.2) is 0 Å². The first-order chi connectivity index (χ1) is 8.77. The van der Waals surface area contributed by atoms with Crippen molar-refractivity contribution in [2.45, 2.75) is 13.3 Å². The van der Waals surface area contributed by atoms with Gasteiger partial charge in [0.05, 0.1) is 31.6 Å². The zero-order chi connectivity index (χ0) is 12.8. The van der Waals surface area contributed by atoms with E-state index >= 15 is 0 Å². The molecule has 0 aliphatic carbocycles. The van der Waals surface area contributed by atoms with Crippen molar-refractivity contribution in [2.75, 3.05) is 39.4 Å². The summed E-state index contributed by atoms with van der Waals surface area (Å²) in [6.07, 6.45) is 2.54. The second-order valence-electron chi connectivity index (χ2n) is 4.61. The number of furan rings is 1. The zero-order valence-corrected chi connectivity index (χ0v) is 10.8. The van der Waals surface area contributed by atoms with Gasteiger partial charge < -0.3 is 19.4 Å². The molecular formula is C13H21N2O3+. The molecule has 1 fully saturated rings. The molecule has 0 unspecified atom stereocenters. The van der Waals surface area contributed by atoms with Crippen molar-refractivity contribution in [3.63, 3.8) is 0 Å². The predicted octanol–water partition coefficient (Wildman–Crippen LogP) is -0.377. The van der Waals surface area contributed by atoms with E-state index in [4.69, 9.17) is 9.15 Å². The summed E-state index contributed by atoms with van der Waals surface area (Å²) in [7, 11) is 0. The van der Waals surface area contributed by atoms with Crippen molar-refractivity contribution in [1.82, 2.24) is 5.32 Å². The molecule has 5 nitrogen and oxygen atoms in total. The molecule has 0 atom stereocenters. The van der Waals surface area contributed by atoms with Crippen LogP contribution in [0.4, 0.5) is 0 Å². The van der Waals surface area contributed by atoms with Crippen molar-refractivity contribution < 1.29 is 18.8 Å². The molecule has 1 amide bonds. The molecule has 1 saturated heterocycles. The first-order valence-corrected chi connectivity index (χ1v) is 6.51. The maximum atomic E-state index is 11.8. The average Bonchev–Trinajstić information content (AvgIpc) is 2.82. The van der Waals surface area contributed by atoms with Gasteiger partial charge in [-0.1, -0.05) is 0 Å². The first kappa shape index (κ1) is 13.1. The normalized spacial score (nSPS) is 16.7. The van der Waals surface area contributed by atoms with Gasteiger partial charge in [0.25, 0.3) is 5.91 Å². The molecule has 0 bridgehead atoms. The number of ether oxygens (including phenoxy) is 1. The van der Waals surface area contributed by atoms with Crippen LogP contribution in [0.3, 0.4) is 0 Å². The highest BCUT2D eigenvalue weighted by molar-refractivity contribution is 5.94. The summed E-state index contributed by atoms with van der Waals surface area (Å²) >= 11 is 0. The van der Waals surface area contributed by atoms with Gasteiger partial charge in [0.1, 0.15) is 18.8 Å². The number of carbonyl (C=O) groups is 1. The van der Waals surface area contributed by atoms with Crippen LogP contribution in [-0.4, -0.2) is 45.3 Å². The lowest BCUT2D eigenvalue weighted by molar-refractivity contribution is -0.908. The van der Waals surface area contributed by atoms with Gasteiger partial charge in [-0.2, -0.15) is 0 Å². The van der Waals surface area contributed by atoms with Gasteiger partial charge in [0.2, 0.25) is 0 Å². The van der Waals surface area contributed by atoms with Crippen molar-refractivity contribution in [3.8, 4) is 0 Å². The maximum absolute atomic E-state index is 11.8. The highest BCUT2D eigenvalue weighted by atomic mass is 16.5. The molecule has 100 valence electrons. The Kier molecular flexibility index (Phi) is 4.78. The van der Waals surface area contributed by atoms with Gasteiger partial charge in [-0.05, 0) is 13.0 Å². The Morgan fingerprint density at radius 1 is 1.44 bits per heavy atom. The molecule has 2 rings (SSSR count). The standard InChI is InChI=1S/C13H20N2O3/c1-11-12(3-8-18-11)13(16)14-4-2-5-15-6-9-17-10-7-15/h3,8H,2,4-7,9-10H2,1H3,(H,14,16)/p+1. The molecule has 1 aromatic rings. The summed E-state index contributed by atoms with van der Waals surface area (Å²) in [4.78, 5) is 13.3. The van der Waals surface area contributed by atoms with Gasteiger partial charge in [-0.25, -0.2) is 0 Å². The minimum Gasteiger partial charge on any atom is -0.469 e. The van der Waals surface area contributed by atoms with E-state index in [-0.39, 0.29) is 5.91 Å². The Balaban J connectivity index is 1.63. The third-order valence-corrected chi connectivity index (χ3v) is 3.30. The smallest absolute Gasteiger partial charge is 0.254 e. The van der Waals surface area contributed by atoms with Crippen LogP contribution in [-0.2, 0) is 4.74 Å². The highest BCUT2D eigenvalue weighted by Gasteiger charge is 2.14. The quantitative estimate of drug-likeness (QED) is 0.704. The summed E-state index contributed by atoms with van der Waals surface area (Å²) in [6.45, 7) is 7.48. The van der Waals surface area contributed by atoms with Crippen LogP contribution < -0.4 is 10.2 Å². The van der Waals surface area contributed by atoms with Gasteiger partial charge in [-0.3, -0.25) is 4.79 Å². The van der Waals surface area contributed by atoms with E-state index in [1.807, 2.05) is 0 Å². The predicted molar refractivity (Wildman–Crippen MR) is 66.8 cm³/mol. The average molecular weight is 253 g/mol. The van der Waals surface area contributed by atoms with E-state index in [0.717, 1.165) is 39.3 Å². The minimum atomic E-state index is -0.0433. The topological polar surface area (TPSA) is 55.9 Å². The Bertz CT molecular complexity index is 383. The number of amides is 1. The highest BCUT2D eigenvalue weighted by Crippen LogP contribution is 2.07.